The molecule has 0 aromatic heterocycles. The number of carbonyl (C=O) groups is 1. The fourth-order valence-corrected chi connectivity index (χ4v) is 2.25. The van der Waals surface area contributed by atoms with Crippen molar-refractivity contribution in [3.63, 3.8) is 0 Å². The van der Waals surface area contributed by atoms with Gasteiger partial charge in [0.15, 0.2) is 0 Å². The van der Waals surface area contributed by atoms with Crippen molar-refractivity contribution in [1.82, 2.24) is 0 Å². The van der Waals surface area contributed by atoms with E-state index < -0.39 is 23.5 Å². The molecule has 0 aliphatic heterocycles. The summed E-state index contributed by atoms with van der Waals surface area (Å²) in [5.41, 5.74) is -1.20. The van der Waals surface area contributed by atoms with E-state index in [0.29, 0.717) is 5.75 Å². The maximum absolute atomic E-state index is 14.9. The molecule has 0 atom stereocenters. The molecule has 0 bridgehead atoms. The zero-order valence-electron chi connectivity index (χ0n) is 14.1. The molecule has 2 rings (SSSR count). The number of halogens is 4. The number of ether oxygens (including phenoxy) is 2. The van der Waals surface area contributed by atoms with Gasteiger partial charge in [-0.2, -0.15) is 13.2 Å². The largest absolute Gasteiger partial charge is 0.497 e. The minimum Gasteiger partial charge on any atom is -0.497 e. The second-order valence-electron chi connectivity index (χ2n) is 5.21. The van der Waals surface area contributed by atoms with Crippen LogP contribution in [0.1, 0.15) is 23.6 Å². The van der Waals surface area contributed by atoms with Gasteiger partial charge in [-0.3, -0.25) is 0 Å². The number of hydrogen-bond acceptors (Lipinski definition) is 3. The first-order valence-electron chi connectivity index (χ1n) is 7.67. The number of hydrogen-bond donors (Lipinski definition) is 0. The summed E-state index contributed by atoms with van der Waals surface area (Å²) in [6.45, 7) is 1.60. The second-order valence-corrected chi connectivity index (χ2v) is 5.21. The molecule has 0 amide bonds. The van der Waals surface area contributed by atoms with E-state index in [4.69, 9.17) is 9.47 Å². The highest BCUT2D eigenvalue weighted by atomic mass is 19.4. The molecule has 0 heterocycles. The second kappa shape index (κ2) is 8.03. The summed E-state index contributed by atoms with van der Waals surface area (Å²) in [4.78, 5) is 12.2. The predicted octanol–water partition coefficient (Wildman–Crippen LogP) is 5.11. The fourth-order valence-electron chi connectivity index (χ4n) is 2.25. The van der Waals surface area contributed by atoms with E-state index in [-0.39, 0.29) is 23.3 Å². The van der Waals surface area contributed by atoms with Crippen molar-refractivity contribution in [2.24, 2.45) is 0 Å². The van der Waals surface area contributed by atoms with Gasteiger partial charge in [0, 0.05) is 5.56 Å². The Labute approximate surface area is 147 Å². The maximum atomic E-state index is 14.9. The lowest BCUT2D eigenvalue weighted by Gasteiger charge is -2.11. The summed E-state index contributed by atoms with van der Waals surface area (Å²) < 4.78 is 62.8. The molecule has 0 saturated carbocycles. The predicted molar refractivity (Wildman–Crippen MR) is 89.0 cm³/mol. The lowest BCUT2D eigenvalue weighted by Crippen LogP contribution is -2.09. The summed E-state index contributed by atoms with van der Waals surface area (Å²) in [6, 6.07) is 9.46. The molecule has 2 aromatic carbocycles. The van der Waals surface area contributed by atoms with Gasteiger partial charge in [-0.1, -0.05) is 24.3 Å². The van der Waals surface area contributed by atoms with Crippen molar-refractivity contribution in [3.8, 4) is 5.75 Å². The standard InChI is InChI=1S/C19H16F4O3/c1-3-26-18(24)16(12-6-10-15(25-2)11-7-12)17(20)13-4-8-14(9-5-13)19(21,22)23/h4-11H,3H2,1-2H3/b17-16+. The number of esters is 1. The molecule has 0 saturated heterocycles. The third-order valence-corrected chi connectivity index (χ3v) is 3.54. The Morgan fingerprint density at radius 1 is 0.962 bits per heavy atom. The van der Waals surface area contributed by atoms with E-state index >= 15 is 0 Å². The SMILES string of the molecule is CCOC(=O)/C(=C(/F)c1ccc(C(F)(F)F)cc1)c1ccc(OC)cc1. The third kappa shape index (κ3) is 4.41. The Hall–Kier alpha value is -2.83. The molecular weight excluding hydrogens is 352 g/mol. The number of methoxy groups -OCH3 is 1. The smallest absolute Gasteiger partial charge is 0.416 e. The maximum Gasteiger partial charge on any atom is 0.416 e. The number of benzene rings is 2. The van der Waals surface area contributed by atoms with Crippen molar-refractivity contribution >= 4 is 17.4 Å². The van der Waals surface area contributed by atoms with Crippen LogP contribution in [-0.2, 0) is 15.7 Å². The van der Waals surface area contributed by atoms with E-state index in [1.807, 2.05) is 0 Å². The summed E-state index contributed by atoms with van der Waals surface area (Å²) >= 11 is 0. The van der Waals surface area contributed by atoms with Crippen LogP contribution in [-0.4, -0.2) is 19.7 Å². The van der Waals surface area contributed by atoms with Gasteiger partial charge in [0.2, 0.25) is 0 Å². The quantitative estimate of drug-likeness (QED) is 0.318. The van der Waals surface area contributed by atoms with Crippen LogP contribution in [0.25, 0.3) is 11.4 Å². The highest BCUT2D eigenvalue weighted by Crippen LogP contribution is 2.33. The Bertz CT molecular complexity index is 791. The zero-order chi connectivity index (χ0) is 19.3. The summed E-state index contributed by atoms with van der Waals surface area (Å²) in [5.74, 6) is -1.37. The molecule has 2 aromatic rings. The number of carbonyl (C=O) groups excluding carboxylic acids is 1. The van der Waals surface area contributed by atoms with Gasteiger partial charge in [-0.25, -0.2) is 9.18 Å². The van der Waals surface area contributed by atoms with Crippen LogP contribution in [0.2, 0.25) is 0 Å². The molecule has 0 radical (unpaired) electrons. The van der Waals surface area contributed by atoms with E-state index in [0.717, 1.165) is 24.3 Å². The van der Waals surface area contributed by atoms with Gasteiger partial charge in [0.05, 0.1) is 19.3 Å². The normalized spacial score (nSPS) is 12.4. The van der Waals surface area contributed by atoms with E-state index in [1.54, 1.807) is 6.92 Å². The van der Waals surface area contributed by atoms with E-state index in [2.05, 4.69) is 0 Å². The summed E-state index contributed by atoms with van der Waals surface area (Å²) in [6.07, 6.45) is -4.53. The van der Waals surface area contributed by atoms with Gasteiger partial charge < -0.3 is 9.47 Å². The molecule has 0 spiro atoms. The van der Waals surface area contributed by atoms with Gasteiger partial charge >= 0.3 is 12.1 Å². The van der Waals surface area contributed by atoms with Gasteiger partial charge in [0.25, 0.3) is 0 Å². The molecule has 0 fully saturated rings. The van der Waals surface area contributed by atoms with Crippen LogP contribution in [0, 0.1) is 0 Å². The highest BCUT2D eigenvalue weighted by molar-refractivity contribution is 6.23. The van der Waals surface area contributed by atoms with Crippen LogP contribution in [0.5, 0.6) is 5.75 Å². The molecule has 0 aliphatic carbocycles. The monoisotopic (exact) mass is 368 g/mol. The molecule has 7 heteroatoms. The fraction of sp³-hybridized carbons (Fsp3) is 0.211. The Morgan fingerprint density at radius 3 is 1.96 bits per heavy atom. The average Bonchev–Trinajstić information content (AvgIpc) is 2.62. The molecular formula is C19H16F4O3. The van der Waals surface area contributed by atoms with Crippen LogP contribution < -0.4 is 4.74 Å². The molecule has 0 N–H and O–H groups in total. The van der Waals surface area contributed by atoms with E-state index in [1.165, 1.54) is 31.4 Å². The first-order chi connectivity index (χ1) is 12.3. The van der Waals surface area contributed by atoms with Crippen molar-refractivity contribution in [3.05, 3.63) is 65.2 Å². The zero-order valence-corrected chi connectivity index (χ0v) is 14.1. The lowest BCUT2D eigenvalue weighted by atomic mass is 10.0. The van der Waals surface area contributed by atoms with Gasteiger partial charge in [-0.15, -0.1) is 0 Å². The Kier molecular flexibility index (Phi) is 6.02. The molecule has 26 heavy (non-hydrogen) atoms. The minimum absolute atomic E-state index is 0.0266. The average molecular weight is 368 g/mol. The lowest BCUT2D eigenvalue weighted by molar-refractivity contribution is -0.138. The Morgan fingerprint density at radius 2 is 1.50 bits per heavy atom. The molecule has 0 aliphatic rings. The van der Waals surface area contributed by atoms with Crippen LogP contribution in [0.3, 0.4) is 0 Å². The first-order valence-corrected chi connectivity index (χ1v) is 7.67. The van der Waals surface area contributed by atoms with Crippen molar-refractivity contribution in [2.45, 2.75) is 13.1 Å². The number of rotatable bonds is 5. The first kappa shape index (κ1) is 19.5. The molecule has 3 nitrogen and oxygen atoms in total. The Balaban J connectivity index is 2.52. The molecule has 0 unspecified atom stereocenters. The van der Waals surface area contributed by atoms with Crippen molar-refractivity contribution in [2.75, 3.05) is 13.7 Å². The van der Waals surface area contributed by atoms with Gasteiger partial charge in [0.1, 0.15) is 17.1 Å². The summed E-state index contributed by atoms with van der Waals surface area (Å²) in [7, 11) is 1.46. The van der Waals surface area contributed by atoms with Crippen LogP contribution >= 0.6 is 0 Å². The molecule has 138 valence electrons. The topological polar surface area (TPSA) is 35.5 Å². The van der Waals surface area contributed by atoms with Crippen molar-refractivity contribution < 1.29 is 31.8 Å². The number of alkyl halides is 3. The third-order valence-electron chi connectivity index (χ3n) is 3.54. The summed E-state index contributed by atoms with van der Waals surface area (Å²) in [5, 5.41) is 0. The van der Waals surface area contributed by atoms with E-state index in [9.17, 15) is 22.4 Å². The van der Waals surface area contributed by atoms with Crippen molar-refractivity contribution in [1.29, 1.82) is 0 Å². The van der Waals surface area contributed by atoms with Crippen LogP contribution in [0.4, 0.5) is 17.6 Å². The van der Waals surface area contributed by atoms with Crippen LogP contribution in [0.15, 0.2) is 48.5 Å². The van der Waals surface area contributed by atoms with Gasteiger partial charge in [-0.05, 0) is 36.8 Å². The minimum atomic E-state index is -4.53. The highest BCUT2D eigenvalue weighted by Gasteiger charge is 2.30.